The molecule has 2 fully saturated rings. The van der Waals surface area contributed by atoms with Crippen LogP contribution in [-0.4, -0.2) is 75.2 Å². The number of hydrogen-bond acceptors (Lipinski definition) is 7. The lowest BCUT2D eigenvalue weighted by Crippen LogP contribution is -2.49. The minimum Gasteiger partial charge on any atom is -0.480 e. The van der Waals surface area contributed by atoms with Crippen LogP contribution in [0.15, 0.2) is 0 Å². The molecule has 43 heavy (non-hydrogen) atoms. The van der Waals surface area contributed by atoms with Crippen LogP contribution in [0.1, 0.15) is 118 Å². The molecule has 11 nitrogen and oxygen atoms in total. The number of carbonyl (C=O) groups excluding carboxylic acids is 5. The van der Waals surface area contributed by atoms with Crippen LogP contribution in [0.4, 0.5) is 0 Å². The molecule has 0 aromatic heterocycles. The summed E-state index contributed by atoms with van der Waals surface area (Å²) in [6.45, 7) is 7.31. The number of rotatable bonds is 18. The number of Topliss-reactive ketones (excluding diaryl/α,β-unsaturated/α-hetero) is 1. The Morgan fingerprint density at radius 1 is 0.837 bits per heavy atom. The van der Waals surface area contributed by atoms with Gasteiger partial charge in [0.15, 0.2) is 0 Å². The summed E-state index contributed by atoms with van der Waals surface area (Å²) in [5.74, 6) is -2.45. The first-order chi connectivity index (χ1) is 20.3. The van der Waals surface area contributed by atoms with E-state index in [0.29, 0.717) is 38.1 Å². The van der Waals surface area contributed by atoms with E-state index >= 15 is 0 Å². The monoisotopic (exact) mass is 607 g/mol. The normalized spacial score (nSPS) is 23.5. The zero-order valence-corrected chi connectivity index (χ0v) is 26.4. The first-order valence-electron chi connectivity index (χ1n) is 16.2. The fourth-order valence-corrected chi connectivity index (χ4v) is 6.32. The van der Waals surface area contributed by atoms with E-state index in [-0.39, 0.29) is 48.2 Å². The highest BCUT2D eigenvalue weighted by atomic mass is 16.4. The van der Waals surface area contributed by atoms with E-state index in [1.807, 2.05) is 6.92 Å². The summed E-state index contributed by atoms with van der Waals surface area (Å²) < 4.78 is 0. The number of aliphatic hydroxyl groups is 1. The summed E-state index contributed by atoms with van der Waals surface area (Å²) in [4.78, 5) is 74.1. The van der Waals surface area contributed by atoms with E-state index in [1.54, 1.807) is 0 Å². The third-order valence-corrected chi connectivity index (χ3v) is 8.87. The number of aliphatic hydroxyl groups excluding tert-OH is 1. The van der Waals surface area contributed by atoms with Crippen molar-refractivity contribution in [2.75, 3.05) is 6.54 Å². The number of likely N-dealkylation sites (tertiary alicyclic amines) is 1. The van der Waals surface area contributed by atoms with Gasteiger partial charge in [0.05, 0.1) is 6.10 Å². The number of nitrogens with one attached hydrogen (secondary N) is 2. The van der Waals surface area contributed by atoms with Crippen molar-refractivity contribution in [3.63, 3.8) is 0 Å². The quantitative estimate of drug-likeness (QED) is 0.136. The van der Waals surface area contributed by atoms with Crippen LogP contribution in [0, 0.1) is 23.7 Å². The van der Waals surface area contributed by atoms with Gasteiger partial charge in [-0.05, 0) is 57.8 Å². The molecule has 4 N–H and O–H groups in total. The van der Waals surface area contributed by atoms with E-state index in [2.05, 4.69) is 17.6 Å². The van der Waals surface area contributed by atoms with Crippen molar-refractivity contribution in [3.8, 4) is 0 Å². The summed E-state index contributed by atoms with van der Waals surface area (Å²) in [7, 11) is 0. The van der Waals surface area contributed by atoms with E-state index in [0.717, 1.165) is 51.4 Å². The molecule has 2 rings (SSSR count). The number of ketones is 1. The first kappa shape index (κ1) is 36.4. The van der Waals surface area contributed by atoms with Gasteiger partial charge in [0.2, 0.25) is 23.6 Å². The molecule has 1 aliphatic heterocycles. The molecule has 1 saturated carbocycles. The average Bonchev–Trinajstić information content (AvgIpc) is 2.92. The van der Waals surface area contributed by atoms with Crippen molar-refractivity contribution in [1.29, 1.82) is 0 Å². The molecule has 1 aliphatic carbocycles. The number of carboxylic acid groups (broad SMARTS) is 1. The van der Waals surface area contributed by atoms with Gasteiger partial charge in [-0.2, -0.15) is 0 Å². The highest BCUT2D eigenvalue weighted by Crippen LogP contribution is 2.35. The molecule has 4 amide bonds. The molecule has 1 saturated heterocycles. The number of imide groups is 1. The second-order valence-electron chi connectivity index (χ2n) is 12.9. The first-order valence-corrected chi connectivity index (χ1v) is 16.2. The molecule has 0 aromatic carbocycles. The maximum absolute atomic E-state index is 12.7. The average molecular weight is 608 g/mol. The highest BCUT2D eigenvalue weighted by Gasteiger charge is 2.39. The number of carboxylic acids is 1. The van der Waals surface area contributed by atoms with E-state index in [1.165, 1.54) is 18.7 Å². The SMILES string of the molecule is CC1C[C@H](C)CC([C@H](O)CC2CC(=O)N(CCCCCCCCCCC(=O)NC(C)C(=O)NC(C)C(=O)O)C(=O)C2)C1=O. The highest BCUT2D eigenvalue weighted by molar-refractivity contribution is 5.98. The third-order valence-electron chi connectivity index (χ3n) is 8.87. The van der Waals surface area contributed by atoms with Crippen molar-refractivity contribution in [2.24, 2.45) is 23.7 Å². The zero-order chi connectivity index (χ0) is 32.1. The minimum absolute atomic E-state index is 0.0535. The number of aliphatic carboxylic acids is 1. The molecule has 0 radical (unpaired) electrons. The van der Waals surface area contributed by atoms with Crippen molar-refractivity contribution in [1.82, 2.24) is 15.5 Å². The largest absolute Gasteiger partial charge is 0.480 e. The number of nitrogens with zero attached hydrogens (tertiary/aromatic N) is 1. The Morgan fingerprint density at radius 2 is 1.40 bits per heavy atom. The number of hydrogen-bond donors (Lipinski definition) is 4. The van der Waals surface area contributed by atoms with Crippen LogP contribution in [0.5, 0.6) is 0 Å². The van der Waals surface area contributed by atoms with Crippen molar-refractivity contribution >= 4 is 35.4 Å². The van der Waals surface area contributed by atoms with Crippen LogP contribution in [-0.2, 0) is 28.8 Å². The van der Waals surface area contributed by atoms with E-state index < -0.39 is 36.0 Å². The molecular formula is C32H53N3O8. The maximum Gasteiger partial charge on any atom is 0.325 e. The topological polar surface area (TPSA) is 170 Å². The van der Waals surface area contributed by atoms with E-state index in [4.69, 9.17) is 5.11 Å². The predicted molar refractivity (Wildman–Crippen MR) is 161 cm³/mol. The smallest absolute Gasteiger partial charge is 0.325 e. The van der Waals surface area contributed by atoms with Gasteiger partial charge in [-0.1, -0.05) is 52.4 Å². The van der Waals surface area contributed by atoms with Gasteiger partial charge in [0, 0.05) is 37.6 Å². The number of amides is 4. The summed E-state index contributed by atoms with van der Waals surface area (Å²) in [6.07, 6.45) is 9.14. The second kappa shape index (κ2) is 18.1. The van der Waals surface area contributed by atoms with Gasteiger partial charge < -0.3 is 20.8 Å². The second-order valence-corrected chi connectivity index (χ2v) is 12.9. The zero-order valence-electron chi connectivity index (χ0n) is 26.4. The lowest BCUT2D eigenvalue weighted by molar-refractivity contribution is -0.151. The summed E-state index contributed by atoms with van der Waals surface area (Å²) in [5.41, 5.74) is 0. The molecule has 1 heterocycles. The Bertz CT molecular complexity index is 968. The number of piperidine rings is 1. The Morgan fingerprint density at radius 3 is 1.98 bits per heavy atom. The minimum atomic E-state index is -1.14. The van der Waals surface area contributed by atoms with Gasteiger partial charge in [-0.3, -0.25) is 33.7 Å². The standard InChI is InChI=1S/C32H53N3O8/c1-20-15-21(2)30(40)25(16-20)26(36)17-24-18-28(38)35(29(39)19-24)14-12-10-8-6-5-7-9-11-13-27(37)33-22(3)31(41)34-23(4)32(42)43/h20-26,36H,5-19H2,1-4H3,(H,33,37)(H,34,41)(H,42,43)/t20-,21?,22?,23?,25?,26+/m0/s1. The van der Waals surface area contributed by atoms with E-state index in [9.17, 15) is 33.9 Å². The Kier molecular flexibility index (Phi) is 15.3. The molecular weight excluding hydrogens is 554 g/mol. The predicted octanol–water partition coefficient (Wildman–Crippen LogP) is 3.36. The van der Waals surface area contributed by atoms with Gasteiger partial charge >= 0.3 is 5.97 Å². The van der Waals surface area contributed by atoms with Crippen LogP contribution >= 0.6 is 0 Å². The summed E-state index contributed by atoms with van der Waals surface area (Å²) in [5, 5.41) is 24.5. The van der Waals surface area contributed by atoms with Crippen molar-refractivity contribution in [2.45, 2.75) is 136 Å². The summed E-state index contributed by atoms with van der Waals surface area (Å²) in [6, 6.07) is -1.82. The Labute approximate surface area is 255 Å². The number of unbranched alkanes of at least 4 members (excludes halogenated alkanes) is 7. The van der Waals surface area contributed by atoms with Crippen molar-refractivity contribution < 1.29 is 39.0 Å². The van der Waals surface area contributed by atoms with Crippen molar-refractivity contribution in [3.05, 3.63) is 0 Å². The molecule has 244 valence electrons. The fraction of sp³-hybridized carbons (Fsp3) is 0.812. The van der Waals surface area contributed by atoms with Gasteiger partial charge in [-0.25, -0.2) is 0 Å². The molecule has 11 heteroatoms. The summed E-state index contributed by atoms with van der Waals surface area (Å²) >= 11 is 0. The molecule has 2 aliphatic rings. The Hall–Kier alpha value is -2.82. The number of carbonyl (C=O) groups is 6. The van der Waals surface area contributed by atoms with Crippen LogP contribution < -0.4 is 10.6 Å². The van der Waals surface area contributed by atoms with Gasteiger partial charge in [0.25, 0.3) is 0 Å². The molecule has 6 atom stereocenters. The molecule has 4 unspecified atom stereocenters. The lowest BCUT2D eigenvalue weighted by atomic mass is 9.71. The molecule has 0 spiro atoms. The van der Waals surface area contributed by atoms with Crippen LogP contribution in [0.3, 0.4) is 0 Å². The molecule has 0 aromatic rings. The van der Waals surface area contributed by atoms with Crippen LogP contribution in [0.2, 0.25) is 0 Å². The third kappa shape index (κ3) is 12.4. The van der Waals surface area contributed by atoms with Crippen LogP contribution in [0.25, 0.3) is 0 Å². The molecule has 0 bridgehead atoms. The fourth-order valence-electron chi connectivity index (χ4n) is 6.32. The Balaban J connectivity index is 1.53. The van der Waals surface area contributed by atoms with Gasteiger partial charge in [0.1, 0.15) is 17.9 Å². The lowest BCUT2D eigenvalue weighted by Gasteiger charge is -2.36. The maximum atomic E-state index is 12.7. The van der Waals surface area contributed by atoms with Gasteiger partial charge in [-0.15, -0.1) is 0 Å².